The van der Waals surface area contributed by atoms with Crippen LogP contribution in [0, 0.1) is 0 Å². The van der Waals surface area contributed by atoms with E-state index in [1.165, 1.54) is 17.7 Å². The van der Waals surface area contributed by atoms with Crippen LogP contribution in [0.1, 0.15) is 30.3 Å². The van der Waals surface area contributed by atoms with Crippen LogP contribution >= 0.6 is 11.3 Å². The lowest BCUT2D eigenvalue weighted by Crippen LogP contribution is -2.50. The van der Waals surface area contributed by atoms with Crippen molar-refractivity contribution in [2.24, 2.45) is 0 Å². The summed E-state index contributed by atoms with van der Waals surface area (Å²) in [6.07, 6.45) is 4.24. The molecule has 2 amide bonds. The van der Waals surface area contributed by atoms with E-state index in [0.717, 1.165) is 23.7 Å². The van der Waals surface area contributed by atoms with E-state index in [1.54, 1.807) is 23.2 Å². The van der Waals surface area contributed by atoms with Gasteiger partial charge in [-0.25, -0.2) is 9.78 Å². The number of thiazole rings is 1. The molecule has 1 aromatic heterocycles. The number of carbonyl (C=O) groups excluding carboxylic acids is 2. The molecular formula is C16H24N4O3S. The van der Waals surface area contributed by atoms with Gasteiger partial charge in [-0.05, 0) is 32.6 Å². The van der Waals surface area contributed by atoms with Crippen LogP contribution in [-0.4, -0.2) is 66.1 Å². The molecule has 0 saturated carbocycles. The van der Waals surface area contributed by atoms with Crippen LogP contribution in [0.5, 0.6) is 0 Å². The van der Waals surface area contributed by atoms with Crippen LogP contribution < -0.4 is 5.32 Å². The van der Waals surface area contributed by atoms with Gasteiger partial charge < -0.3 is 15.0 Å². The van der Waals surface area contributed by atoms with E-state index in [9.17, 15) is 9.59 Å². The number of fused-ring (bicyclic) bond motifs is 1. The lowest BCUT2D eigenvalue weighted by molar-refractivity contribution is -0.117. The molecule has 1 saturated heterocycles. The van der Waals surface area contributed by atoms with Crippen molar-refractivity contribution in [2.75, 3.05) is 44.6 Å². The average Bonchev–Trinajstić information content (AvgIpc) is 2.97. The standard InChI is InChI=1S/C16H24N4O3S/c1-2-23-16(22)20-9-7-19(8-10-20)11-14(21)18-15-17-12-5-3-4-6-13(12)24-15/h2-11H2,1H3,(H,17,18,21). The maximum Gasteiger partial charge on any atom is 0.409 e. The summed E-state index contributed by atoms with van der Waals surface area (Å²) >= 11 is 1.60. The van der Waals surface area contributed by atoms with Gasteiger partial charge in [-0.1, -0.05) is 0 Å². The Kier molecular flexibility index (Phi) is 5.68. The van der Waals surface area contributed by atoms with E-state index in [2.05, 4.69) is 15.2 Å². The van der Waals surface area contributed by atoms with Gasteiger partial charge in [0.05, 0.1) is 18.8 Å². The first-order valence-corrected chi connectivity index (χ1v) is 9.40. The van der Waals surface area contributed by atoms with Gasteiger partial charge in [-0.15, -0.1) is 11.3 Å². The highest BCUT2D eigenvalue weighted by atomic mass is 32.1. The Morgan fingerprint density at radius 2 is 1.96 bits per heavy atom. The van der Waals surface area contributed by atoms with Crippen molar-refractivity contribution in [3.8, 4) is 0 Å². The maximum absolute atomic E-state index is 12.2. The summed E-state index contributed by atoms with van der Waals surface area (Å²) < 4.78 is 5.00. The fourth-order valence-corrected chi connectivity index (χ4v) is 4.14. The van der Waals surface area contributed by atoms with Gasteiger partial charge in [0.1, 0.15) is 0 Å². The van der Waals surface area contributed by atoms with Crippen LogP contribution in [0.15, 0.2) is 0 Å². The molecule has 132 valence electrons. The zero-order chi connectivity index (χ0) is 16.9. The molecule has 0 aromatic carbocycles. The second kappa shape index (κ2) is 7.94. The van der Waals surface area contributed by atoms with E-state index in [0.29, 0.717) is 39.3 Å². The first-order valence-electron chi connectivity index (χ1n) is 8.58. The first kappa shape index (κ1) is 17.2. The van der Waals surface area contributed by atoms with E-state index in [4.69, 9.17) is 4.74 Å². The van der Waals surface area contributed by atoms with E-state index >= 15 is 0 Å². The van der Waals surface area contributed by atoms with Gasteiger partial charge in [-0.3, -0.25) is 9.69 Å². The summed E-state index contributed by atoms with van der Waals surface area (Å²) in [6, 6.07) is 0. The molecule has 1 aromatic rings. The molecule has 0 bridgehead atoms. The van der Waals surface area contributed by atoms with Gasteiger partial charge in [0, 0.05) is 31.1 Å². The monoisotopic (exact) mass is 352 g/mol. The minimum atomic E-state index is -0.269. The Hall–Kier alpha value is -1.67. The van der Waals surface area contributed by atoms with E-state index in [-0.39, 0.29) is 12.0 Å². The Balaban J connectivity index is 1.44. The molecule has 8 heteroatoms. The van der Waals surface area contributed by atoms with Crippen molar-refractivity contribution >= 4 is 28.5 Å². The number of piperazine rings is 1. The second-order valence-electron chi connectivity index (χ2n) is 6.11. The van der Waals surface area contributed by atoms with Crippen LogP contribution in [0.3, 0.4) is 0 Å². The number of nitrogens with one attached hydrogen (secondary N) is 1. The molecule has 2 heterocycles. The molecule has 1 fully saturated rings. The number of anilines is 1. The molecule has 3 rings (SSSR count). The lowest BCUT2D eigenvalue weighted by atomic mass is 10.0. The molecule has 1 aliphatic heterocycles. The summed E-state index contributed by atoms with van der Waals surface area (Å²) in [4.78, 5) is 33.5. The summed E-state index contributed by atoms with van der Waals surface area (Å²) in [7, 11) is 0. The van der Waals surface area contributed by atoms with Gasteiger partial charge in [0.2, 0.25) is 5.91 Å². The summed E-state index contributed by atoms with van der Waals surface area (Å²) in [5, 5.41) is 3.64. The number of aryl methyl sites for hydroxylation is 2. The van der Waals surface area contributed by atoms with Gasteiger partial charge in [0.15, 0.2) is 5.13 Å². The van der Waals surface area contributed by atoms with Crippen LogP contribution in [0.25, 0.3) is 0 Å². The highest BCUT2D eigenvalue weighted by molar-refractivity contribution is 7.15. The number of hydrogen-bond donors (Lipinski definition) is 1. The molecule has 0 spiro atoms. The second-order valence-corrected chi connectivity index (χ2v) is 7.19. The third-order valence-corrected chi connectivity index (χ3v) is 5.43. The highest BCUT2D eigenvalue weighted by Crippen LogP contribution is 2.29. The van der Waals surface area contributed by atoms with Crippen LogP contribution in [0.4, 0.5) is 9.93 Å². The minimum Gasteiger partial charge on any atom is -0.450 e. The number of ether oxygens (including phenoxy) is 1. The number of amides is 2. The molecule has 1 N–H and O–H groups in total. The zero-order valence-electron chi connectivity index (χ0n) is 14.0. The molecule has 1 aliphatic carbocycles. The van der Waals surface area contributed by atoms with E-state index < -0.39 is 0 Å². The molecule has 7 nitrogen and oxygen atoms in total. The molecule has 24 heavy (non-hydrogen) atoms. The molecular weight excluding hydrogens is 328 g/mol. The number of nitrogens with zero attached hydrogens (tertiary/aromatic N) is 3. The minimum absolute atomic E-state index is 0.0364. The SMILES string of the molecule is CCOC(=O)N1CCN(CC(=O)Nc2nc3c(s2)CCCC3)CC1. The Bertz CT molecular complexity index is 573. The van der Waals surface area contributed by atoms with Crippen molar-refractivity contribution in [1.82, 2.24) is 14.8 Å². The molecule has 0 atom stereocenters. The van der Waals surface area contributed by atoms with Crippen molar-refractivity contribution in [3.05, 3.63) is 10.6 Å². The Morgan fingerprint density at radius 1 is 1.21 bits per heavy atom. The predicted octanol–water partition coefficient (Wildman–Crippen LogP) is 1.73. The number of hydrogen-bond acceptors (Lipinski definition) is 6. The first-order chi connectivity index (χ1) is 11.7. The van der Waals surface area contributed by atoms with Crippen molar-refractivity contribution in [2.45, 2.75) is 32.6 Å². The topological polar surface area (TPSA) is 74.8 Å². The van der Waals surface area contributed by atoms with Gasteiger partial charge in [-0.2, -0.15) is 0 Å². The normalized spacial score (nSPS) is 18.1. The van der Waals surface area contributed by atoms with Crippen LogP contribution in [-0.2, 0) is 22.4 Å². The number of aromatic nitrogens is 1. The predicted molar refractivity (Wildman–Crippen MR) is 92.4 cm³/mol. The Labute approximate surface area is 146 Å². The molecule has 0 unspecified atom stereocenters. The van der Waals surface area contributed by atoms with Crippen molar-refractivity contribution in [3.63, 3.8) is 0 Å². The summed E-state index contributed by atoms with van der Waals surface area (Å²) in [6.45, 7) is 5.08. The lowest BCUT2D eigenvalue weighted by Gasteiger charge is -2.33. The third-order valence-electron chi connectivity index (χ3n) is 4.36. The Morgan fingerprint density at radius 3 is 2.67 bits per heavy atom. The van der Waals surface area contributed by atoms with Gasteiger partial charge in [0.25, 0.3) is 0 Å². The number of rotatable bonds is 4. The third kappa shape index (κ3) is 4.24. The fraction of sp³-hybridized carbons (Fsp3) is 0.688. The van der Waals surface area contributed by atoms with E-state index in [1.807, 2.05) is 0 Å². The summed E-state index contributed by atoms with van der Waals surface area (Å²) in [5.41, 5.74) is 1.16. The summed E-state index contributed by atoms with van der Waals surface area (Å²) in [5.74, 6) is -0.0364. The fourth-order valence-electron chi connectivity index (χ4n) is 3.07. The molecule has 2 aliphatic rings. The van der Waals surface area contributed by atoms with Gasteiger partial charge >= 0.3 is 6.09 Å². The smallest absolute Gasteiger partial charge is 0.409 e. The van der Waals surface area contributed by atoms with Crippen LogP contribution in [0.2, 0.25) is 0 Å². The average molecular weight is 352 g/mol. The van der Waals surface area contributed by atoms with Crippen molar-refractivity contribution < 1.29 is 14.3 Å². The van der Waals surface area contributed by atoms with Crippen molar-refractivity contribution in [1.29, 1.82) is 0 Å². The number of carbonyl (C=O) groups is 2. The maximum atomic E-state index is 12.2. The quantitative estimate of drug-likeness (QED) is 0.893. The molecule has 0 radical (unpaired) electrons. The zero-order valence-corrected chi connectivity index (χ0v) is 14.9. The highest BCUT2D eigenvalue weighted by Gasteiger charge is 2.23. The largest absolute Gasteiger partial charge is 0.450 e.